The molecule has 0 rings (SSSR count). The molecule has 0 saturated carbocycles. The Hall–Kier alpha value is -1.63. The van der Waals surface area contributed by atoms with Gasteiger partial charge in [0.15, 0.2) is 0 Å². The minimum atomic E-state index is -2.12. The molecule has 7 nitrogen and oxygen atoms in total. The predicted molar refractivity (Wildman–Crippen MR) is 54.3 cm³/mol. The van der Waals surface area contributed by atoms with Gasteiger partial charge in [0, 0.05) is 13.8 Å². The van der Waals surface area contributed by atoms with Crippen molar-refractivity contribution in [2.24, 2.45) is 0 Å². The summed E-state index contributed by atoms with van der Waals surface area (Å²) in [5, 5.41) is 8.99. The molecular weight excluding hydrogens is 232 g/mol. The van der Waals surface area contributed by atoms with Crippen LogP contribution in [0.1, 0.15) is 34.1 Å². The summed E-state index contributed by atoms with van der Waals surface area (Å²) >= 11 is 0. The van der Waals surface area contributed by atoms with E-state index in [1.165, 1.54) is 13.8 Å². The van der Waals surface area contributed by atoms with Crippen molar-refractivity contribution >= 4 is 17.9 Å². The molecule has 0 heterocycles. The third-order valence-electron chi connectivity index (χ3n) is 1.63. The summed E-state index contributed by atoms with van der Waals surface area (Å²) < 4.78 is 14.1. The summed E-state index contributed by atoms with van der Waals surface area (Å²) in [5.41, 5.74) is 0. The highest BCUT2D eigenvalue weighted by atomic mass is 16.9. The van der Waals surface area contributed by atoms with Crippen molar-refractivity contribution < 1.29 is 33.7 Å². The highest BCUT2D eigenvalue weighted by molar-refractivity contribution is 5.75. The zero-order valence-corrected chi connectivity index (χ0v) is 10.2. The quantitative estimate of drug-likeness (QED) is 0.544. The maximum Gasteiger partial charge on any atom is 0.423 e. The minimum absolute atomic E-state index is 0.0926. The normalized spacial score (nSPS) is 12.5. The van der Waals surface area contributed by atoms with E-state index < -0.39 is 30.0 Å². The van der Waals surface area contributed by atoms with Crippen molar-refractivity contribution in [1.82, 2.24) is 0 Å². The van der Waals surface area contributed by atoms with Gasteiger partial charge in [-0.3, -0.25) is 9.59 Å². The van der Waals surface area contributed by atoms with Gasteiger partial charge in [-0.05, 0) is 6.92 Å². The molecule has 0 bridgehead atoms. The van der Waals surface area contributed by atoms with Gasteiger partial charge in [-0.25, -0.2) is 4.79 Å². The Balaban J connectivity index is 4.96. The van der Waals surface area contributed by atoms with Crippen LogP contribution < -0.4 is 0 Å². The highest BCUT2D eigenvalue weighted by Gasteiger charge is 2.41. The first-order valence-corrected chi connectivity index (χ1v) is 5.02. The Labute approximate surface area is 98.6 Å². The molecule has 1 N–H and O–H groups in total. The van der Waals surface area contributed by atoms with E-state index in [1.807, 2.05) is 0 Å². The summed E-state index contributed by atoms with van der Waals surface area (Å²) in [5.74, 6) is -4.75. The van der Waals surface area contributed by atoms with Gasteiger partial charge in [-0.15, -0.1) is 0 Å². The maximum atomic E-state index is 11.2. The third kappa shape index (κ3) is 5.30. The van der Waals surface area contributed by atoms with Crippen LogP contribution in [0.2, 0.25) is 0 Å². The van der Waals surface area contributed by atoms with Crippen LogP contribution in [0.3, 0.4) is 0 Å². The highest BCUT2D eigenvalue weighted by Crippen LogP contribution is 2.21. The molecule has 1 unspecified atom stereocenters. The van der Waals surface area contributed by atoms with E-state index in [0.29, 0.717) is 0 Å². The average molecular weight is 248 g/mol. The van der Waals surface area contributed by atoms with Crippen LogP contribution in [0.4, 0.5) is 0 Å². The molecule has 7 heteroatoms. The lowest BCUT2D eigenvalue weighted by Gasteiger charge is -2.29. The molecule has 0 fully saturated rings. The van der Waals surface area contributed by atoms with Gasteiger partial charge in [0.25, 0.3) is 0 Å². The SMILES string of the molecule is CCC(OC(C)=O)(OC(C)=O)OC(=O)C(C)O. The second kappa shape index (κ2) is 6.19. The number of rotatable bonds is 5. The lowest BCUT2D eigenvalue weighted by molar-refractivity contribution is -0.331. The van der Waals surface area contributed by atoms with Crippen molar-refractivity contribution in [2.45, 2.75) is 46.2 Å². The van der Waals surface area contributed by atoms with Crippen LogP contribution in [-0.2, 0) is 28.6 Å². The van der Waals surface area contributed by atoms with Crippen LogP contribution in [0.5, 0.6) is 0 Å². The Morgan fingerprint density at radius 1 is 1.12 bits per heavy atom. The third-order valence-corrected chi connectivity index (χ3v) is 1.63. The largest absolute Gasteiger partial charge is 0.423 e. The van der Waals surface area contributed by atoms with E-state index in [1.54, 1.807) is 0 Å². The van der Waals surface area contributed by atoms with Gasteiger partial charge < -0.3 is 19.3 Å². The molecule has 0 amide bonds. The van der Waals surface area contributed by atoms with Crippen LogP contribution in [0.25, 0.3) is 0 Å². The average Bonchev–Trinajstić information content (AvgIpc) is 2.15. The molecule has 0 aromatic carbocycles. The predicted octanol–water partition coefficient (Wildman–Crippen LogP) is 0.100. The first-order chi connectivity index (χ1) is 7.72. The van der Waals surface area contributed by atoms with Crippen molar-refractivity contribution in [3.63, 3.8) is 0 Å². The fraction of sp³-hybridized carbons (Fsp3) is 0.700. The minimum Gasteiger partial charge on any atom is -0.388 e. The number of aliphatic hydroxyl groups is 1. The Kier molecular flexibility index (Phi) is 5.60. The number of hydrogen-bond acceptors (Lipinski definition) is 7. The van der Waals surface area contributed by atoms with Gasteiger partial charge in [-0.2, -0.15) is 0 Å². The van der Waals surface area contributed by atoms with Crippen molar-refractivity contribution in [1.29, 1.82) is 0 Å². The zero-order chi connectivity index (χ0) is 13.6. The molecule has 0 spiro atoms. The molecule has 0 aliphatic heterocycles. The van der Waals surface area contributed by atoms with Gasteiger partial charge >= 0.3 is 23.9 Å². The number of carbonyl (C=O) groups is 3. The number of hydrogen-bond donors (Lipinski definition) is 1. The molecule has 0 aliphatic rings. The second-order valence-corrected chi connectivity index (χ2v) is 3.32. The van der Waals surface area contributed by atoms with E-state index in [0.717, 1.165) is 13.8 Å². The number of aliphatic hydroxyl groups excluding tert-OH is 1. The van der Waals surface area contributed by atoms with Gasteiger partial charge in [-0.1, -0.05) is 6.92 Å². The molecule has 17 heavy (non-hydrogen) atoms. The number of carbonyl (C=O) groups excluding carboxylic acids is 3. The molecule has 0 aromatic heterocycles. The molecular formula is C10H16O7. The fourth-order valence-electron chi connectivity index (χ4n) is 0.956. The lowest BCUT2D eigenvalue weighted by atomic mass is 10.3. The molecule has 98 valence electrons. The lowest BCUT2D eigenvalue weighted by Crippen LogP contribution is -2.45. The van der Waals surface area contributed by atoms with E-state index in [4.69, 9.17) is 9.84 Å². The second-order valence-electron chi connectivity index (χ2n) is 3.32. The monoisotopic (exact) mass is 248 g/mol. The molecule has 0 aromatic rings. The van der Waals surface area contributed by atoms with Crippen molar-refractivity contribution in [2.75, 3.05) is 0 Å². The Morgan fingerprint density at radius 3 is 1.76 bits per heavy atom. The van der Waals surface area contributed by atoms with E-state index >= 15 is 0 Å². The number of esters is 3. The summed E-state index contributed by atoms with van der Waals surface area (Å²) in [6, 6.07) is 0. The number of ether oxygens (including phenoxy) is 3. The van der Waals surface area contributed by atoms with E-state index in [9.17, 15) is 14.4 Å². The van der Waals surface area contributed by atoms with Gasteiger partial charge in [0.05, 0.1) is 6.42 Å². The van der Waals surface area contributed by atoms with E-state index in [-0.39, 0.29) is 6.42 Å². The summed E-state index contributed by atoms with van der Waals surface area (Å²) in [6.07, 6.45) is -1.52. The topological polar surface area (TPSA) is 99.1 Å². The zero-order valence-electron chi connectivity index (χ0n) is 10.2. The van der Waals surface area contributed by atoms with E-state index in [2.05, 4.69) is 9.47 Å². The molecule has 0 radical (unpaired) electrons. The van der Waals surface area contributed by atoms with Crippen LogP contribution in [0.15, 0.2) is 0 Å². The Morgan fingerprint density at radius 2 is 1.53 bits per heavy atom. The standard InChI is InChI=1S/C10H16O7/c1-5-10(15-7(3)12,16-8(4)13)17-9(14)6(2)11/h6,11H,5H2,1-4H3. The molecule has 0 aliphatic carbocycles. The summed E-state index contributed by atoms with van der Waals surface area (Å²) in [7, 11) is 0. The fourth-order valence-corrected chi connectivity index (χ4v) is 0.956. The van der Waals surface area contributed by atoms with Crippen LogP contribution in [-0.4, -0.2) is 35.1 Å². The van der Waals surface area contributed by atoms with Crippen molar-refractivity contribution in [3.8, 4) is 0 Å². The van der Waals surface area contributed by atoms with Crippen LogP contribution >= 0.6 is 0 Å². The molecule has 1 atom stereocenters. The Bertz CT molecular complexity index is 292. The summed E-state index contributed by atoms with van der Waals surface area (Å²) in [6.45, 7) is 4.81. The summed E-state index contributed by atoms with van der Waals surface area (Å²) in [4.78, 5) is 33.0. The first-order valence-electron chi connectivity index (χ1n) is 5.02. The van der Waals surface area contributed by atoms with Gasteiger partial charge in [0.1, 0.15) is 6.10 Å². The maximum absolute atomic E-state index is 11.2. The van der Waals surface area contributed by atoms with Crippen molar-refractivity contribution in [3.05, 3.63) is 0 Å². The smallest absolute Gasteiger partial charge is 0.388 e. The van der Waals surface area contributed by atoms with Crippen LogP contribution in [0, 0.1) is 0 Å². The molecule has 0 saturated heterocycles. The first kappa shape index (κ1) is 15.4. The van der Waals surface area contributed by atoms with Gasteiger partial charge in [0.2, 0.25) is 0 Å².